The predicted octanol–water partition coefficient (Wildman–Crippen LogP) is 3.15. The fourth-order valence-corrected chi connectivity index (χ4v) is 2.73. The van der Waals surface area contributed by atoms with Crippen molar-refractivity contribution in [1.82, 2.24) is 15.0 Å². The molecule has 0 bridgehead atoms. The number of nitrogens with zero attached hydrogens (tertiary/aromatic N) is 3. The van der Waals surface area contributed by atoms with Crippen LogP contribution >= 0.6 is 0 Å². The van der Waals surface area contributed by atoms with Crippen molar-refractivity contribution < 1.29 is 19.1 Å². The van der Waals surface area contributed by atoms with Crippen molar-refractivity contribution in [3.8, 4) is 5.69 Å². The van der Waals surface area contributed by atoms with Crippen LogP contribution in [0.2, 0.25) is 0 Å². The number of rotatable bonds is 7. The van der Waals surface area contributed by atoms with Gasteiger partial charge in [-0.1, -0.05) is 22.9 Å². The average Bonchev–Trinajstić information content (AvgIpc) is 3.13. The van der Waals surface area contributed by atoms with E-state index in [4.69, 9.17) is 9.47 Å². The second kappa shape index (κ2) is 9.11. The number of aryl methyl sites for hydroxylation is 1. The molecule has 0 fully saturated rings. The van der Waals surface area contributed by atoms with E-state index in [9.17, 15) is 9.59 Å². The van der Waals surface area contributed by atoms with Gasteiger partial charge in [0.1, 0.15) is 5.69 Å². The summed E-state index contributed by atoms with van der Waals surface area (Å²) < 4.78 is 11.8. The fourth-order valence-electron chi connectivity index (χ4n) is 2.73. The van der Waals surface area contributed by atoms with E-state index in [0.29, 0.717) is 23.6 Å². The summed E-state index contributed by atoms with van der Waals surface area (Å²) in [6.07, 6.45) is 0. The summed E-state index contributed by atoms with van der Waals surface area (Å²) in [6.45, 7) is 4.21. The Kier molecular flexibility index (Phi) is 6.36. The second-order valence-corrected chi connectivity index (χ2v) is 6.32. The van der Waals surface area contributed by atoms with Crippen molar-refractivity contribution in [2.45, 2.75) is 20.5 Å². The molecule has 0 aliphatic rings. The summed E-state index contributed by atoms with van der Waals surface area (Å²) in [4.78, 5) is 24.5. The maximum Gasteiger partial charge on any atom is 0.338 e. The van der Waals surface area contributed by atoms with E-state index in [-0.39, 0.29) is 12.3 Å². The smallest absolute Gasteiger partial charge is 0.338 e. The molecule has 8 nitrogen and oxygen atoms in total. The van der Waals surface area contributed by atoms with Gasteiger partial charge < -0.3 is 14.8 Å². The molecule has 0 atom stereocenters. The highest BCUT2D eigenvalue weighted by Crippen LogP contribution is 2.17. The van der Waals surface area contributed by atoms with Gasteiger partial charge in [0.25, 0.3) is 5.91 Å². The van der Waals surface area contributed by atoms with Crippen molar-refractivity contribution in [3.05, 3.63) is 71.0 Å². The number of nitrogens with one attached hydrogen (secondary N) is 1. The minimum Gasteiger partial charge on any atom is -0.462 e. The van der Waals surface area contributed by atoms with E-state index < -0.39 is 11.9 Å². The number of aromatic nitrogens is 3. The summed E-state index contributed by atoms with van der Waals surface area (Å²) in [6, 6.07) is 14.2. The van der Waals surface area contributed by atoms with Crippen LogP contribution in [-0.2, 0) is 16.1 Å². The zero-order chi connectivity index (χ0) is 20.8. The van der Waals surface area contributed by atoms with Crippen molar-refractivity contribution >= 4 is 17.6 Å². The first-order chi connectivity index (χ1) is 14.0. The molecule has 1 aromatic heterocycles. The number of hydrogen-bond donors (Lipinski definition) is 1. The molecule has 0 radical (unpaired) electrons. The molecule has 8 heteroatoms. The van der Waals surface area contributed by atoms with Crippen LogP contribution in [0.5, 0.6) is 0 Å². The van der Waals surface area contributed by atoms with Gasteiger partial charge in [-0.3, -0.25) is 4.79 Å². The van der Waals surface area contributed by atoms with Crippen LogP contribution in [0.25, 0.3) is 5.69 Å². The van der Waals surface area contributed by atoms with Gasteiger partial charge in [-0.25, -0.2) is 9.48 Å². The van der Waals surface area contributed by atoms with Crippen LogP contribution in [0, 0.1) is 6.92 Å². The van der Waals surface area contributed by atoms with Gasteiger partial charge in [-0.05, 0) is 50.2 Å². The molecule has 1 heterocycles. The second-order valence-electron chi connectivity index (χ2n) is 6.32. The lowest BCUT2D eigenvalue weighted by molar-refractivity contribution is 0.0526. The van der Waals surface area contributed by atoms with E-state index in [2.05, 4.69) is 15.6 Å². The molecule has 3 aromatic rings. The molecule has 1 amide bonds. The summed E-state index contributed by atoms with van der Waals surface area (Å²) in [5.41, 5.74) is 3.55. The number of amides is 1. The maximum atomic E-state index is 12.8. The van der Waals surface area contributed by atoms with Gasteiger partial charge in [0, 0.05) is 12.8 Å². The summed E-state index contributed by atoms with van der Waals surface area (Å²) in [7, 11) is 1.54. The average molecular weight is 394 g/mol. The van der Waals surface area contributed by atoms with Crippen molar-refractivity contribution in [2.24, 2.45) is 0 Å². The third kappa shape index (κ3) is 4.67. The number of benzene rings is 2. The van der Waals surface area contributed by atoms with Gasteiger partial charge >= 0.3 is 5.97 Å². The van der Waals surface area contributed by atoms with Crippen LogP contribution in [0.4, 0.5) is 5.69 Å². The van der Waals surface area contributed by atoms with E-state index in [1.165, 1.54) is 0 Å². The van der Waals surface area contributed by atoms with E-state index in [1.807, 2.05) is 31.2 Å². The number of hydrogen-bond acceptors (Lipinski definition) is 6. The number of anilines is 1. The van der Waals surface area contributed by atoms with E-state index in [1.54, 1.807) is 43.0 Å². The van der Waals surface area contributed by atoms with E-state index in [0.717, 1.165) is 11.3 Å². The van der Waals surface area contributed by atoms with E-state index >= 15 is 0 Å². The quantitative estimate of drug-likeness (QED) is 0.619. The molecule has 150 valence electrons. The fraction of sp³-hybridized carbons (Fsp3) is 0.238. The molecule has 29 heavy (non-hydrogen) atoms. The minimum atomic E-state index is -0.417. The standard InChI is InChI=1S/C21H22N4O4/c1-4-29-21(27)15-7-9-16(10-8-15)22-20(26)19-18(13-28-3)25(24-23-19)17-11-5-14(2)6-12-17/h5-12H,4,13H2,1-3H3,(H,22,26). The third-order valence-corrected chi connectivity index (χ3v) is 4.19. The van der Waals surface area contributed by atoms with Crippen molar-refractivity contribution in [1.29, 1.82) is 0 Å². The number of methoxy groups -OCH3 is 1. The number of ether oxygens (including phenoxy) is 2. The summed E-state index contributed by atoms with van der Waals surface area (Å²) in [5.74, 6) is -0.826. The van der Waals surface area contributed by atoms with Gasteiger partial charge in [-0.15, -0.1) is 5.10 Å². The molecule has 1 N–H and O–H groups in total. The summed E-state index contributed by atoms with van der Waals surface area (Å²) >= 11 is 0. The molecule has 3 rings (SSSR count). The first-order valence-electron chi connectivity index (χ1n) is 9.12. The van der Waals surface area contributed by atoms with Gasteiger partial charge in [0.15, 0.2) is 5.69 Å². The zero-order valence-electron chi connectivity index (χ0n) is 16.5. The first-order valence-corrected chi connectivity index (χ1v) is 9.12. The van der Waals surface area contributed by atoms with Crippen molar-refractivity contribution in [3.63, 3.8) is 0 Å². The number of carbonyl (C=O) groups excluding carboxylic acids is 2. The number of esters is 1. The Labute approximate surface area is 168 Å². The molecular formula is C21H22N4O4. The lowest BCUT2D eigenvalue weighted by atomic mass is 10.2. The minimum absolute atomic E-state index is 0.168. The van der Waals surface area contributed by atoms with Crippen LogP contribution in [0.15, 0.2) is 48.5 Å². The monoisotopic (exact) mass is 394 g/mol. The molecule has 0 aliphatic heterocycles. The third-order valence-electron chi connectivity index (χ3n) is 4.19. The lowest BCUT2D eigenvalue weighted by Crippen LogP contribution is -2.16. The Morgan fingerprint density at radius 2 is 1.76 bits per heavy atom. The topological polar surface area (TPSA) is 95.3 Å². The highest BCUT2D eigenvalue weighted by molar-refractivity contribution is 6.03. The zero-order valence-corrected chi connectivity index (χ0v) is 16.5. The Morgan fingerprint density at radius 3 is 2.38 bits per heavy atom. The van der Waals surface area contributed by atoms with Crippen LogP contribution in [0.1, 0.15) is 39.0 Å². The normalized spacial score (nSPS) is 10.6. The molecule has 0 unspecified atom stereocenters. The largest absolute Gasteiger partial charge is 0.462 e. The SMILES string of the molecule is CCOC(=O)c1ccc(NC(=O)c2nnn(-c3ccc(C)cc3)c2COC)cc1. The van der Waals surface area contributed by atoms with Crippen molar-refractivity contribution in [2.75, 3.05) is 19.0 Å². The molecule has 0 saturated heterocycles. The predicted molar refractivity (Wildman–Crippen MR) is 107 cm³/mol. The van der Waals surface area contributed by atoms with Gasteiger partial charge in [-0.2, -0.15) is 0 Å². The Bertz CT molecular complexity index is 995. The molecular weight excluding hydrogens is 372 g/mol. The highest BCUT2D eigenvalue weighted by Gasteiger charge is 2.21. The maximum absolute atomic E-state index is 12.8. The Hall–Kier alpha value is -3.52. The van der Waals surface area contributed by atoms with Crippen LogP contribution in [-0.4, -0.2) is 40.6 Å². The van der Waals surface area contributed by atoms with Crippen LogP contribution in [0.3, 0.4) is 0 Å². The Morgan fingerprint density at radius 1 is 1.07 bits per heavy atom. The Balaban J connectivity index is 1.82. The highest BCUT2D eigenvalue weighted by atomic mass is 16.5. The molecule has 2 aromatic carbocycles. The molecule has 0 saturated carbocycles. The van der Waals surface area contributed by atoms with Gasteiger partial charge in [0.2, 0.25) is 0 Å². The van der Waals surface area contributed by atoms with Crippen LogP contribution < -0.4 is 5.32 Å². The van der Waals surface area contributed by atoms with Gasteiger partial charge in [0.05, 0.1) is 24.5 Å². The lowest BCUT2D eigenvalue weighted by Gasteiger charge is -2.08. The number of carbonyl (C=O) groups is 2. The first kappa shape index (κ1) is 20.2. The molecule has 0 aliphatic carbocycles. The molecule has 0 spiro atoms. The summed E-state index contributed by atoms with van der Waals surface area (Å²) in [5, 5.41) is 10.9.